The van der Waals surface area contributed by atoms with Gasteiger partial charge < -0.3 is 4.42 Å². The molecule has 0 unspecified atom stereocenters. The molecule has 5 nitrogen and oxygen atoms in total. The summed E-state index contributed by atoms with van der Waals surface area (Å²) in [5, 5.41) is 3.96. The van der Waals surface area contributed by atoms with Crippen molar-refractivity contribution in [3.63, 3.8) is 0 Å². The zero-order chi connectivity index (χ0) is 10.1. The van der Waals surface area contributed by atoms with Crippen LogP contribution in [-0.2, 0) is 0 Å². The molecular formula is C9H9N3O2. The van der Waals surface area contributed by atoms with Crippen molar-refractivity contribution in [2.24, 2.45) is 0 Å². The van der Waals surface area contributed by atoms with Crippen LogP contribution in [0.1, 0.15) is 23.1 Å². The molecule has 2 aromatic heterocycles. The molecular weight excluding hydrogens is 182 g/mol. The van der Waals surface area contributed by atoms with Crippen molar-refractivity contribution in [2.45, 2.75) is 13.8 Å². The second kappa shape index (κ2) is 3.10. The minimum atomic E-state index is -0.0710. The third-order valence-electron chi connectivity index (χ3n) is 1.79. The molecule has 2 rings (SSSR count). The van der Waals surface area contributed by atoms with Crippen LogP contribution in [0.25, 0.3) is 6.01 Å². The maximum atomic E-state index is 11.2. The number of rotatable bonds is 2. The molecule has 0 saturated carbocycles. The predicted octanol–water partition coefficient (Wildman–Crippen LogP) is 1.37. The molecule has 5 heteroatoms. The van der Waals surface area contributed by atoms with Gasteiger partial charge in [0.05, 0.1) is 11.9 Å². The van der Waals surface area contributed by atoms with Gasteiger partial charge in [0.15, 0.2) is 5.78 Å². The lowest BCUT2D eigenvalue weighted by molar-refractivity contribution is 0.100. The molecule has 0 fully saturated rings. The van der Waals surface area contributed by atoms with E-state index in [4.69, 9.17) is 4.42 Å². The largest absolute Gasteiger partial charge is 0.430 e. The third-order valence-corrected chi connectivity index (χ3v) is 1.79. The Hall–Kier alpha value is -1.91. The molecule has 2 aromatic rings. The van der Waals surface area contributed by atoms with Gasteiger partial charge in [0.25, 0.3) is 0 Å². The molecule has 0 aromatic carbocycles. The second-order valence-corrected chi connectivity index (χ2v) is 2.96. The Morgan fingerprint density at radius 1 is 1.57 bits per heavy atom. The van der Waals surface area contributed by atoms with Gasteiger partial charge in [-0.3, -0.25) is 4.79 Å². The van der Waals surface area contributed by atoms with Crippen LogP contribution in [0.3, 0.4) is 0 Å². The van der Waals surface area contributed by atoms with E-state index in [1.165, 1.54) is 24.1 Å². The maximum absolute atomic E-state index is 11.2. The number of oxazole rings is 1. The van der Waals surface area contributed by atoms with Crippen molar-refractivity contribution >= 4 is 5.78 Å². The van der Waals surface area contributed by atoms with Gasteiger partial charge in [-0.2, -0.15) is 14.8 Å². The average molecular weight is 191 g/mol. The molecule has 14 heavy (non-hydrogen) atoms. The maximum Gasteiger partial charge on any atom is 0.323 e. The molecule has 0 spiro atoms. The third kappa shape index (κ3) is 1.32. The fraction of sp³-hybridized carbons (Fsp3) is 0.222. The number of carbonyl (C=O) groups excluding carboxylic acids is 1. The SMILES string of the molecule is CC(=O)c1ccnn1-c1nc(C)co1. The molecule has 2 heterocycles. The topological polar surface area (TPSA) is 60.9 Å². The van der Waals surface area contributed by atoms with Crippen LogP contribution in [0.2, 0.25) is 0 Å². The van der Waals surface area contributed by atoms with Crippen molar-refractivity contribution in [2.75, 3.05) is 0 Å². The van der Waals surface area contributed by atoms with E-state index < -0.39 is 0 Å². The Morgan fingerprint density at radius 2 is 2.36 bits per heavy atom. The summed E-state index contributed by atoms with van der Waals surface area (Å²) in [6.07, 6.45) is 3.05. The van der Waals surface area contributed by atoms with Gasteiger partial charge in [-0.25, -0.2) is 0 Å². The average Bonchev–Trinajstić information content (AvgIpc) is 2.70. The zero-order valence-electron chi connectivity index (χ0n) is 7.89. The molecule has 0 saturated heterocycles. The van der Waals surface area contributed by atoms with Crippen molar-refractivity contribution < 1.29 is 9.21 Å². The fourth-order valence-electron chi connectivity index (χ4n) is 1.16. The van der Waals surface area contributed by atoms with Crippen LogP contribution >= 0.6 is 0 Å². The van der Waals surface area contributed by atoms with E-state index in [0.29, 0.717) is 11.7 Å². The summed E-state index contributed by atoms with van der Waals surface area (Å²) in [6, 6.07) is 1.94. The number of hydrogen-bond acceptors (Lipinski definition) is 4. The summed E-state index contributed by atoms with van der Waals surface area (Å²) in [6.45, 7) is 3.28. The Kier molecular flexibility index (Phi) is 1.92. The van der Waals surface area contributed by atoms with Crippen LogP contribution in [0, 0.1) is 6.92 Å². The summed E-state index contributed by atoms with van der Waals surface area (Å²) in [5.41, 5.74) is 1.22. The van der Waals surface area contributed by atoms with Crippen molar-refractivity contribution in [1.29, 1.82) is 0 Å². The molecule has 0 N–H and O–H groups in total. The molecule has 0 bridgehead atoms. The van der Waals surface area contributed by atoms with E-state index in [9.17, 15) is 4.79 Å². The van der Waals surface area contributed by atoms with Crippen LogP contribution in [0.4, 0.5) is 0 Å². The van der Waals surface area contributed by atoms with E-state index in [-0.39, 0.29) is 5.78 Å². The zero-order valence-corrected chi connectivity index (χ0v) is 7.89. The van der Waals surface area contributed by atoms with Gasteiger partial charge in [-0.1, -0.05) is 0 Å². The Bertz CT molecular complexity index is 470. The van der Waals surface area contributed by atoms with Gasteiger partial charge >= 0.3 is 6.01 Å². The first kappa shape index (κ1) is 8.68. The summed E-state index contributed by atoms with van der Waals surface area (Å²) in [5.74, 6) is -0.0710. The highest BCUT2D eigenvalue weighted by molar-refractivity contribution is 5.92. The van der Waals surface area contributed by atoms with Gasteiger partial charge in [-0.05, 0) is 13.0 Å². The Balaban J connectivity index is 2.51. The first-order valence-corrected chi connectivity index (χ1v) is 4.16. The quantitative estimate of drug-likeness (QED) is 0.672. The normalized spacial score (nSPS) is 10.4. The summed E-state index contributed by atoms with van der Waals surface area (Å²) < 4.78 is 6.52. The first-order chi connectivity index (χ1) is 6.68. The molecule has 0 atom stereocenters. The highest BCUT2D eigenvalue weighted by atomic mass is 16.4. The van der Waals surface area contributed by atoms with E-state index >= 15 is 0 Å². The van der Waals surface area contributed by atoms with Crippen LogP contribution in [0.5, 0.6) is 0 Å². The Labute approximate surface area is 80.4 Å². The lowest BCUT2D eigenvalue weighted by Crippen LogP contribution is -2.06. The monoisotopic (exact) mass is 191 g/mol. The summed E-state index contributed by atoms with van der Waals surface area (Å²) in [4.78, 5) is 15.3. The fourth-order valence-corrected chi connectivity index (χ4v) is 1.16. The van der Waals surface area contributed by atoms with Gasteiger partial charge in [-0.15, -0.1) is 0 Å². The smallest absolute Gasteiger partial charge is 0.323 e. The van der Waals surface area contributed by atoms with E-state index in [1.54, 1.807) is 6.07 Å². The summed E-state index contributed by atoms with van der Waals surface area (Å²) >= 11 is 0. The number of Topliss-reactive ketones (excluding diaryl/α,β-unsaturated/α-hetero) is 1. The lowest BCUT2D eigenvalue weighted by Gasteiger charge is -1.97. The number of ketones is 1. The molecule has 0 aliphatic carbocycles. The Morgan fingerprint density at radius 3 is 2.93 bits per heavy atom. The number of aromatic nitrogens is 3. The molecule has 0 aliphatic heterocycles. The molecule has 0 radical (unpaired) electrons. The first-order valence-electron chi connectivity index (χ1n) is 4.16. The molecule has 72 valence electrons. The van der Waals surface area contributed by atoms with Crippen LogP contribution < -0.4 is 0 Å². The molecule has 0 amide bonds. The van der Waals surface area contributed by atoms with Crippen LogP contribution in [-0.4, -0.2) is 20.5 Å². The number of nitrogens with zero attached hydrogens (tertiary/aromatic N) is 3. The number of aryl methyl sites for hydroxylation is 1. The van der Waals surface area contributed by atoms with Gasteiger partial charge in [0, 0.05) is 6.92 Å². The van der Waals surface area contributed by atoms with Crippen molar-refractivity contribution in [3.8, 4) is 6.01 Å². The minimum Gasteiger partial charge on any atom is -0.430 e. The second-order valence-electron chi connectivity index (χ2n) is 2.96. The predicted molar refractivity (Wildman–Crippen MR) is 48.4 cm³/mol. The van der Waals surface area contributed by atoms with Crippen LogP contribution in [0.15, 0.2) is 22.9 Å². The minimum absolute atomic E-state index is 0.0710. The van der Waals surface area contributed by atoms with Crippen molar-refractivity contribution in [3.05, 3.63) is 29.9 Å². The lowest BCUT2D eigenvalue weighted by atomic mass is 10.3. The summed E-state index contributed by atoms with van der Waals surface area (Å²) in [7, 11) is 0. The molecule has 0 aliphatic rings. The van der Waals surface area contributed by atoms with E-state index in [0.717, 1.165) is 5.69 Å². The number of hydrogen-bond donors (Lipinski definition) is 0. The highest BCUT2D eigenvalue weighted by Gasteiger charge is 2.12. The number of carbonyl (C=O) groups is 1. The van der Waals surface area contributed by atoms with E-state index in [2.05, 4.69) is 10.1 Å². The van der Waals surface area contributed by atoms with Gasteiger partial charge in [0.2, 0.25) is 0 Å². The standard InChI is InChI=1S/C9H9N3O2/c1-6-5-14-9(11-6)12-8(7(2)13)3-4-10-12/h3-5H,1-2H3. The highest BCUT2D eigenvalue weighted by Crippen LogP contribution is 2.10. The van der Waals surface area contributed by atoms with Gasteiger partial charge in [0.1, 0.15) is 12.0 Å². The van der Waals surface area contributed by atoms with Crippen molar-refractivity contribution in [1.82, 2.24) is 14.8 Å². The van der Waals surface area contributed by atoms with E-state index in [1.807, 2.05) is 6.92 Å².